The van der Waals surface area contributed by atoms with Gasteiger partial charge in [-0.25, -0.2) is 4.79 Å². The zero-order valence-corrected chi connectivity index (χ0v) is 8.75. The van der Waals surface area contributed by atoms with Crippen LogP contribution in [0, 0.1) is 0 Å². The lowest BCUT2D eigenvalue weighted by atomic mass is 10.1. The molecule has 80 valence electrons. The Morgan fingerprint density at radius 3 is 2.00 bits per heavy atom. The molecule has 0 spiro atoms. The molecule has 0 saturated carbocycles. The second-order valence-corrected chi connectivity index (χ2v) is 2.48. The minimum Gasteiger partial charge on any atom is -0.500 e. The van der Waals surface area contributed by atoms with Gasteiger partial charge < -0.3 is 14.2 Å². The summed E-state index contributed by atoms with van der Waals surface area (Å²) >= 11 is 0. The van der Waals surface area contributed by atoms with Gasteiger partial charge in [-0.1, -0.05) is 0 Å². The number of rotatable bonds is 5. The van der Waals surface area contributed by atoms with Crippen molar-refractivity contribution < 1.29 is 23.8 Å². The number of carbonyl (C=O) groups is 2. The van der Waals surface area contributed by atoms with Crippen molar-refractivity contribution >= 4 is 11.8 Å². The lowest BCUT2D eigenvalue weighted by Gasteiger charge is -2.07. The highest BCUT2D eigenvalue weighted by atomic mass is 16.5. The molecule has 0 aliphatic carbocycles. The molecule has 0 heterocycles. The first-order chi connectivity index (χ1) is 6.58. The Morgan fingerprint density at radius 2 is 1.64 bits per heavy atom. The Bertz CT molecular complexity index is 254. The summed E-state index contributed by atoms with van der Waals surface area (Å²) in [6.45, 7) is 1.34. The monoisotopic (exact) mass is 202 g/mol. The summed E-state index contributed by atoms with van der Waals surface area (Å²) in [6, 6.07) is 0. The molecule has 5 nitrogen and oxygen atoms in total. The molecule has 0 amide bonds. The van der Waals surface area contributed by atoms with Crippen LogP contribution in [-0.4, -0.2) is 39.7 Å². The highest BCUT2D eigenvalue weighted by molar-refractivity contribution is 6.18. The standard InChI is InChI=1S/C9H14O5/c1-6(13-3)8(9(11)14-4)7(10)5-12-2/h5H2,1-4H3/b8-6+. The molecule has 0 aromatic heterocycles. The summed E-state index contributed by atoms with van der Waals surface area (Å²) in [5.41, 5.74) is -0.114. The molecular weight excluding hydrogens is 188 g/mol. The van der Waals surface area contributed by atoms with Crippen molar-refractivity contribution in [2.45, 2.75) is 6.92 Å². The van der Waals surface area contributed by atoms with Crippen LogP contribution in [0.25, 0.3) is 0 Å². The van der Waals surface area contributed by atoms with E-state index >= 15 is 0 Å². The lowest BCUT2D eigenvalue weighted by molar-refractivity contribution is -0.138. The van der Waals surface area contributed by atoms with Crippen LogP contribution in [0.5, 0.6) is 0 Å². The molecule has 5 heteroatoms. The molecule has 0 N–H and O–H groups in total. The van der Waals surface area contributed by atoms with E-state index in [9.17, 15) is 9.59 Å². The Morgan fingerprint density at radius 1 is 1.07 bits per heavy atom. The first kappa shape index (κ1) is 12.6. The van der Waals surface area contributed by atoms with Crippen LogP contribution >= 0.6 is 0 Å². The number of esters is 1. The van der Waals surface area contributed by atoms with Gasteiger partial charge in [0.05, 0.1) is 14.2 Å². The van der Waals surface area contributed by atoms with Crippen molar-refractivity contribution in [3.05, 3.63) is 11.3 Å². The largest absolute Gasteiger partial charge is 0.500 e. The average molecular weight is 202 g/mol. The zero-order valence-electron chi connectivity index (χ0n) is 8.75. The van der Waals surface area contributed by atoms with Crippen molar-refractivity contribution in [1.29, 1.82) is 0 Å². The Labute approximate surface area is 82.6 Å². The molecule has 0 rings (SSSR count). The lowest BCUT2D eigenvalue weighted by Crippen LogP contribution is -2.20. The van der Waals surface area contributed by atoms with E-state index in [1.54, 1.807) is 0 Å². The quantitative estimate of drug-likeness (QED) is 0.211. The molecule has 0 saturated heterocycles. The number of carbonyl (C=O) groups excluding carboxylic acids is 2. The Balaban J connectivity index is 4.92. The van der Waals surface area contributed by atoms with Crippen LogP contribution in [-0.2, 0) is 23.8 Å². The third-order valence-electron chi connectivity index (χ3n) is 1.60. The molecule has 0 aliphatic rings. The van der Waals surface area contributed by atoms with Crippen LogP contribution in [0.3, 0.4) is 0 Å². The van der Waals surface area contributed by atoms with E-state index in [2.05, 4.69) is 9.47 Å². The Hall–Kier alpha value is -1.36. The number of allylic oxidation sites excluding steroid dienone is 1. The highest BCUT2D eigenvalue weighted by Gasteiger charge is 2.22. The van der Waals surface area contributed by atoms with Crippen molar-refractivity contribution in [1.82, 2.24) is 0 Å². The summed E-state index contributed by atoms with van der Waals surface area (Å²) < 4.78 is 13.9. The average Bonchev–Trinajstić information content (AvgIpc) is 2.17. The van der Waals surface area contributed by atoms with E-state index < -0.39 is 11.8 Å². The molecule has 0 aliphatic heterocycles. The molecule has 0 aromatic carbocycles. The van der Waals surface area contributed by atoms with Crippen molar-refractivity contribution in [2.24, 2.45) is 0 Å². The molecule has 0 fully saturated rings. The number of methoxy groups -OCH3 is 3. The summed E-state index contributed by atoms with van der Waals surface area (Å²) in [4.78, 5) is 22.6. The Kier molecular flexibility index (Phi) is 5.55. The minimum atomic E-state index is -0.716. The van der Waals surface area contributed by atoms with E-state index in [1.807, 2.05) is 0 Å². The first-order valence-electron chi connectivity index (χ1n) is 3.93. The summed E-state index contributed by atoms with van der Waals surface area (Å²) in [5, 5.41) is 0. The normalized spacial score (nSPS) is 11.7. The van der Waals surface area contributed by atoms with Crippen molar-refractivity contribution in [3.8, 4) is 0 Å². The maximum Gasteiger partial charge on any atom is 0.345 e. The van der Waals surface area contributed by atoms with E-state index in [0.717, 1.165) is 0 Å². The van der Waals surface area contributed by atoms with Gasteiger partial charge in [0.1, 0.15) is 17.9 Å². The van der Waals surface area contributed by atoms with Crippen molar-refractivity contribution in [2.75, 3.05) is 27.9 Å². The zero-order chi connectivity index (χ0) is 11.1. The predicted octanol–water partition coefficient (Wildman–Crippen LogP) is 0.295. The molecule has 0 aromatic rings. The molecule has 0 atom stereocenters. The number of hydrogen-bond acceptors (Lipinski definition) is 5. The van der Waals surface area contributed by atoms with Gasteiger partial charge >= 0.3 is 5.97 Å². The molecule has 0 radical (unpaired) electrons. The first-order valence-corrected chi connectivity index (χ1v) is 3.93. The van der Waals surface area contributed by atoms with Crippen LogP contribution < -0.4 is 0 Å². The van der Waals surface area contributed by atoms with E-state index in [1.165, 1.54) is 28.3 Å². The van der Waals surface area contributed by atoms with E-state index in [4.69, 9.17) is 4.74 Å². The van der Waals surface area contributed by atoms with Crippen LogP contribution in [0.1, 0.15) is 6.92 Å². The predicted molar refractivity (Wildman–Crippen MR) is 48.6 cm³/mol. The van der Waals surface area contributed by atoms with Gasteiger partial charge in [0.2, 0.25) is 0 Å². The summed E-state index contributed by atoms with van der Waals surface area (Å²) in [6.07, 6.45) is 0. The third-order valence-corrected chi connectivity index (χ3v) is 1.60. The van der Waals surface area contributed by atoms with Gasteiger partial charge in [0.25, 0.3) is 0 Å². The summed E-state index contributed by atoms with van der Waals surface area (Å²) in [5.74, 6) is -0.955. The number of ketones is 1. The number of Topliss-reactive ketones (excluding diaryl/α,β-unsaturated/α-hetero) is 1. The smallest absolute Gasteiger partial charge is 0.345 e. The maximum atomic E-state index is 11.4. The van der Waals surface area contributed by atoms with Gasteiger partial charge in [0.15, 0.2) is 5.78 Å². The van der Waals surface area contributed by atoms with E-state index in [-0.39, 0.29) is 17.9 Å². The fourth-order valence-electron chi connectivity index (χ4n) is 0.861. The third kappa shape index (κ3) is 3.18. The van der Waals surface area contributed by atoms with Gasteiger partial charge in [-0.2, -0.15) is 0 Å². The number of ether oxygens (including phenoxy) is 3. The fourth-order valence-corrected chi connectivity index (χ4v) is 0.861. The molecule has 0 bridgehead atoms. The van der Waals surface area contributed by atoms with Crippen LogP contribution in [0.2, 0.25) is 0 Å². The van der Waals surface area contributed by atoms with Gasteiger partial charge in [0, 0.05) is 7.11 Å². The topological polar surface area (TPSA) is 61.8 Å². The van der Waals surface area contributed by atoms with Crippen LogP contribution in [0.4, 0.5) is 0 Å². The van der Waals surface area contributed by atoms with Gasteiger partial charge in [-0.15, -0.1) is 0 Å². The highest BCUT2D eigenvalue weighted by Crippen LogP contribution is 2.08. The van der Waals surface area contributed by atoms with Crippen LogP contribution in [0.15, 0.2) is 11.3 Å². The second kappa shape index (κ2) is 6.15. The SMILES string of the molecule is COCC(=O)/C(C(=O)OC)=C(/C)OC. The number of hydrogen-bond donors (Lipinski definition) is 0. The van der Waals surface area contributed by atoms with E-state index in [0.29, 0.717) is 0 Å². The minimum absolute atomic E-state index is 0.114. The second-order valence-electron chi connectivity index (χ2n) is 2.48. The van der Waals surface area contributed by atoms with Gasteiger partial charge in [-0.3, -0.25) is 4.79 Å². The van der Waals surface area contributed by atoms with Crippen molar-refractivity contribution in [3.63, 3.8) is 0 Å². The molecule has 14 heavy (non-hydrogen) atoms. The van der Waals surface area contributed by atoms with Gasteiger partial charge in [-0.05, 0) is 6.92 Å². The maximum absolute atomic E-state index is 11.4. The fraction of sp³-hybridized carbons (Fsp3) is 0.556. The molecular formula is C9H14O5. The summed E-state index contributed by atoms with van der Waals surface area (Å²) in [7, 11) is 3.94. The molecule has 0 unspecified atom stereocenters.